The number of thioether (sulfide) groups is 1. The summed E-state index contributed by atoms with van der Waals surface area (Å²) >= 11 is 1.72. The molecule has 0 aliphatic rings. The van der Waals surface area contributed by atoms with Crippen molar-refractivity contribution in [3.05, 3.63) is 18.2 Å². The number of aromatic amines is 1. The van der Waals surface area contributed by atoms with Gasteiger partial charge in [0.15, 0.2) is 0 Å². The molecule has 2 aromatic rings. The molecule has 5 heteroatoms. The summed E-state index contributed by atoms with van der Waals surface area (Å²) in [5, 5.41) is 3.22. The van der Waals surface area contributed by atoms with Crippen molar-refractivity contribution in [2.75, 3.05) is 29.1 Å². The molecule has 0 aliphatic heterocycles. The van der Waals surface area contributed by atoms with Crippen molar-refractivity contribution in [3.63, 3.8) is 0 Å². The van der Waals surface area contributed by atoms with Gasteiger partial charge in [0, 0.05) is 18.0 Å². The van der Waals surface area contributed by atoms with Crippen molar-refractivity contribution < 1.29 is 0 Å². The molecule has 0 fully saturated rings. The van der Waals surface area contributed by atoms with E-state index < -0.39 is 0 Å². The average molecular weight is 246 g/mol. The summed E-state index contributed by atoms with van der Waals surface area (Å²) in [7, 11) is 0. The van der Waals surface area contributed by atoms with Crippen LogP contribution >= 0.6 is 11.8 Å². The van der Waals surface area contributed by atoms with Crippen molar-refractivity contribution in [2.24, 2.45) is 0 Å². The van der Waals surface area contributed by atoms with Gasteiger partial charge in [0.1, 0.15) is 0 Å². The average Bonchev–Trinajstić information content (AvgIpc) is 2.70. The van der Waals surface area contributed by atoms with Crippen LogP contribution in [0.2, 0.25) is 0 Å². The van der Waals surface area contributed by atoms with Gasteiger partial charge in [-0.2, -0.15) is 0 Å². The SMILES string of the molecule is C#CCSCCNc1nc2ccc(N)cc2[nH]1. The van der Waals surface area contributed by atoms with Crippen LogP contribution in [-0.2, 0) is 0 Å². The Balaban J connectivity index is 1.93. The van der Waals surface area contributed by atoms with Crippen LogP contribution in [0.15, 0.2) is 18.2 Å². The Morgan fingerprint density at radius 3 is 3.24 bits per heavy atom. The normalized spacial score (nSPS) is 10.3. The van der Waals surface area contributed by atoms with Gasteiger partial charge in [-0.3, -0.25) is 0 Å². The van der Waals surface area contributed by atoms with Gasteiger partial charge in [0.25, 0.3) is 0 Å². The van der Waals surface area contributed by atoms with Crippen molar-refractivity contribution >= 4 is 34.4 Å². The van der Waals surface area contributed by atoms with E-state index in [0.717, 1.165) is 40.7 Å². The van der Waals surface area contributed by atoms with Crippen LogP contribution in [0.1, 0.15) is 0 Å². The zero-order chi connectivity index (χ0) is 12.1. The molecule has 17 heavy (non-hydrogen) atoms. The lowest BCUT2D eigenvalue weighted by atomic mass is 10.3. The van der Waals surface area contributed by atoms with Crippen LogP contribution in [0.4, 0.5) is 11.6 Å². The van der Waals surface area contributed by atoms with Crippen molar-refractivity contribution in [2.45, 2.75) is 0 Å². The number of anilines is 2. The Morgan fingerprint density at radius 1 is 1.53 bits per heavy atom. The van der Waals surface area contributed by atoms with Crippen LogP contribution in [0, 0.1) is 12.3 Å². The lowest BCUT2D eigenvalue weighted by Gasteiger charge is -2.00. The number of benzene rings is 1. The minimum atomic E-state index is 0.734. The van der Waals surface area contributed by atoms with E-state index in [1.54, 1.807) is 11.8 Å². The maximum absolute atomic E-state index is 5.70. The Bertz CT molecular complexity index is 541. The Hall–Kier alpha value is -1.80. The molecular weight excluding hydrogens is 232 g/mol. The van der Waals surface area contributed by atoms with Gasteiger partial charge in [-0.25, -0.2) is 4.98 Å². The summed E-state index contributed by atoms with van der Waals surface area (Å²) in [6.07, 6.45) is 5.17. The van der Waals surface area contributed by atoms with Crippen LogP contribution in [0.25, 0.3) is 11.0 Å². The van der Waals surface area contributed by atoms with Crippen LogP contribution in [0.3, 0.4) is 0 Å². The topological polar surface area (TPSA) is 66.7 Å². The predicted octanol–water partition coefficient (Wildman–Crippen LogP) is 1.92. The minimum absolute atomic E-state index is 0.734. The maximum atomic E-state index is 5.70. The molecule has 1 heterocycles. The summed E-state index contributed by atoms with van der Waals surface area (Å²) in [6, 6.07) is 5.62. The van der Waals surface area contributed by atoms with E-state index in [-0.39, 0.29) is 0 Å². The standard InChI is InChI=1S/C12H14N4S/c1-2-6-17-7-5-14-12-15-10-4-3-9(13)8-11(10)16-12/h1,3-4,8H,5-7,13H2,(H2,14,15,16). The monoisotopic (exact) mass is 246 g/mol. The number of imidazole rings is 1. The zero-order valence-corrected chi connectivity index (χ0v) is 10.2. The number of nitrogen functional groups attached to an aromatic ring is 1. The van der Waals surface area contributed by atoms with E-state index in [9.17, 15) is 0 Å². The summed E-state index contributed by atoms with van der Waals surface area (Å²) in [5.41, 5.74) is 8.29. The van der Waals surface area contributed by atoms with Crippen LogP contribution < -0.4 is 11.1 Å². The number of fused-ring (bicyclic) bond motifs is 1. The van der Waals surface area contributed by atoms with Gasteiger partial charge in [0.2, 0.25) is 5.95 Å². The van der Waals surface area contributed by atoms with E-state index in [1.807, 2.05) is 18.2 Å². The molecule has 2 rings (SSSR count). The van der Waals surface area contributed by atoms with Crippen LogP contribution in [0.5, 0.6) is 0 Å². The number of hydrogen-bond acceptors (Lipinski definition) is 4. The second-order valence-electron chi connectivity index (χ2n) is 3.55. The first-order valence-electron chi connectivity index (χ1n) is 5.30. The third kappa shape index (κ3) is 3.08. The van der Waals surface area contributed by atoms with E-state index in [1.165, 1.54) is 0 Å². The fourth-order valence-electron chi connectivity index (χ4n) is 1.48. The molecule has 4 nitrogen and oxygen atoms in total. The van der Waals surface area contributed by atoms with Crippen molar-refractivity contribution in [3.8, 4) is 12.3 Å². The zero-order valence-electron chi connectivity index (χ0n) is 9.36. The lowest BCUT2D eigenvalue weighted by molar-refractivity contribution is 1.16. The summed E-state index contributed by atoms with van der Waals surface area (Å²) in [6.45, 7) is 0.835. The molecule has 0 radical (unpaired) electrons. The highest BCUT2D eigenvalue weighted by Gasteiger charge is 2.01. The number of H-pyrrole nitrogens is 1. The minimum Gasteiger partial charge on any atom is -0.399 e. The Kier molecular flexibility index (Phi) is 3.78. The van der Waals surface area contributed by atoms with E-state index in [0.29, 0.717) is 0 Å². The molecule has 0 bridgehead atoms. The first-order valence-corrected chi connectivity index (χ1v) is 6.45. The number of nitrogens with two attached hydrogens (primary N) is 1. The van der Waals surface area contributed by atoms with E-state index >= 15 is 0 Å². The highest BCUT2D eigenvalue weighted by molar-refractivity contribution is 7.99. The molecule has 88 valence electrons. The third-order valence-corrected chi connectivity index (χ3v) is 3.09. The predicted molar refractivity (Wildman–Crippen MR) is 75.2 cm³/mol. The smallest absolute Gasteiger partial charge is 0.201 e. The fraction of sp³-hybridized carbons (Fsp3) is 0.250. The molecule has 0 atom stereocenters. The summed E-state index contributed by atoms with van der Waals surface area (Å²) < 4.78 is 0. The summed E-state index contributed by atoms with van der Waals surface area (Å²) in [4.78, 5) is 7.58. The van der Waals surface area contributed by atoms with Gasteiger partial charge >= 0.3 is 0 Å². The van der Waals surface area contributed by atoms with Crippen LogP contribution in [-0.4, -0.2) is 28.0 Å². The second-order valence-corrected chi connectivity index (χ2v) is 4.65. The van der Waals surface area contributed by atoms with Crippen molar-refractivity contribution in [1.82, 2.24) is 9.97 Å². The lowest BCUT2D eigenvalue weighted by Crippen LogP contribution is -2.05. The number of nitrogens with zero attached hydrogens (tertiary/aromatic N) is 1. The van der Waals surface area contributed by atoms with Gasteiger partial charge in [-0.15, -0.1) is 18.2 Å². The molecule has 0 aliphatic carbocycles. The number of rotatable bonds is 5. The number of aromatic nitrogens is 2. The van der Waals surface area contributed by atoms with Gasteiger partial charge < -0.3 is 16.0 Å². The number of terminal acetylenes is 1. The largest absolute Gasteiger partial charge is 0.399 e. The maximum Gasteiger partial charge on any atom is 0.201 e. The first kappa shape index (κ1) is 11.7. The van der Waals surface area contributed by atoms with E-state index in [2.05, 4.69) is 21.2 Å². The molecule has 0 amide bonds. The Labute approximate surface area is 104 Å². The molecule has 0 unspecified atom stereocenters. The molecule has 0 spiro atoms. The first-order chi connectivity index (χ1) is 8.29. The highest BCUT2D eigenvalue weighted by atomic mass is 32.2. The quantitative estimate of drug-likeness (QED) is 0.428. The van der Waals surface area contributed by atoms with Gasteiger partial charge in [-0.1, -0.05) is 5.92 Å². The van der Waals surface area contributed by atoms with Gasteiger partial charge in [-0.05, 0) is 18.2 Å². The Morgan fingerprint density at radius 2 is 2.41 bits per heavy atom. The number of nitrogens with one attached hydrogen (secondary N) is 2. The van der Waals surface area contributed by atoms with Gasteiger partial charge in [0.05, 0.1) is 16.8 Å². The number of hydrogen-bond donors (Lipinski definition) is 3. The van der Waals surface area contributed by atoms with E-state index in [4.69, 9.17) is 12.2 Å². The molecule has 1 aromatic heterocycles. The van der Waals surface area contributed by atoms with Crippen molar-refractivity contribution in [1.29, 1.82) is 0 Å². The highest BCUT2D eigenvalue weighted by Crippen LogP contribution is 2.16. The third-order valence-electron chi connectivity index (χ3n) is 2.23. The summed E-state index contributed by atoms with van der Waals surface area (Å²) in [5.74, 6) is 5.07. The molecular formula is C12H14N4S. The molecule has 0 saturated carbocycles. The molecule has 4 N–H and O–H groups in total. The molecule has 0 saturated heterocycles. The fourth-order valence-corrected chi connectivity index (χ4v) is 1.99. The molecule has 1 aromatic carbocycles. The second kappa shape index (κ2) is 5.51.